The molecule has 0 fully saturated rings. The summed E-state index contributed by atoms with van der Waals surface area (Å²) in [5.41, 5.74) is 2.09. The molecule has 2 aromatic rings. The molecule has 0 spiro atoms. The largest absolute Gasteiger partial charge is 0.308 e. The van der Waals surface area contributed by atoms with Crippen LogP contribution >= 0.6 is 27.3 Å². The molecule has 1 N–H and O–H groups in total. The molecule has 1 aromatic carbocycles. The van der Waals surface area contributed by atoms with E-state index in [4.69, 9.17) is 0 Å². The summed E-state index contributed by atoms with van der Waals surface area (Å²) in [7, 11) is 0. The number of nitro benzene ring substituents is 1. The predicted molar refractivity (Wildman–Crippen MR) is 80.4 cm³/mol. The minimum atomic E-state index is -0.349. The molecule has 1 heterocycles. The minimum absolute atomic E-state index is 0.143. The Bertz CT molecular complexity index is 598. The van der Waals surface area contributed by atoms with Gasteiger partial charge in [0, 0.05) is 34.1 Å². The fraction of sp³-hybridized carbons (Fsp3) is 0.231. The molecule has 0 atom stereocenters. The molecule has 0 aliphatic heterocycles. The molecule has 0 saturated heterocycles. The van der Waals surface area contributed by atoms with E-state index in [9.17, 15) is 10.1 Å². The Morgan fingerprint density at radius 3 is 2.79 bits per heavy atom. The van der Waals surface area contributed by atoms with Crippen LogP contribution in [0.3, 0.4) is 0 Å². The lowest BCUT2D eigenvalue weighted by Crippen LogP contribution is -2.13. The van der Waals surface area contributed by atoms with Gasteiger partial charge in [0.15, 0.2) is 0 Å². The van der Waals surface area contributed by atoms with Crippen molar-refractivity contribution in [2.24, 2.45) is 0 Å². The highest BCUT2D eigenvalue weighted by Gasteiger charge is 2.13. The predicted octanol–water partition coefficient (Wildman–Crippen LogP) is 4.02. The number of thiophene rings is 1. The van der Waals surface area contributed by atoms with Crippen LogP contribution in [0.1, 0.15) is 16.0 Å². The van der Waals surface area contributed by atoms with Gasteiger partial charge in [-0.05, 0) is 36.1 Å². The van der Waals surface area contributed by atoms with Crippen LogP contribution in [-0.4, -0.2) is 4.92 Å². The van der Waals surface area contributed by atoms with Crippen LogP contribution in [0.25, 0.3) is 0 Å². The average Bonchev–Trinajstić information content (AvgIpc) is 2.77. The second-order valence-corrected chi connectivity index (χ2v) is 6.08. The van der Waals surface area contributed by atoms with Gasteiger partial charge >= 0.3 is 0 Å². The Kier molecular flexibility index (Phi) is 4.68. The molecular formula is C13H13BrN2O2S. The van der Waals surface area contributed by atoms with Crippen LogP contribution in [0.2, 0.25) is 0 Å². The molecule has 0 bridgehead atoms. The van der Waals surface area contributed by atoms with E-state index in [1.54, 1.807) is 17.4 Å². The maximum Gasteiger partial charge on any atom is 0.275 e. The maximum atomic E-state index is 11.0. The van der Waals surface area contributed by atoms with Crippen molar-refractivity contribution in [1.29, 1.82) is 0 Å². The maximum absolute atomic E-state index is 11.0. The van der Waals surface area contributed by atoms with Crippen molar-refractivity contribution in [3.63, 3.8) is 0 Å². The fourth-order valence-electron chi connectivity index (χ4n) is 1.75. The summed E-state index contributed by atoms with van der Waals surface area (Å²) in [6, 6.07) is 7.20. The van der Waals surface area contributed by atoms with Gasteiger partial charge in [-0.3, -0.25) is 10.1 Å². The lowest BCUT2D eigenvalue weighted by Gasteiger charge is -2.06. The molecule has 4 nitrogen and oxygen atoms in total. The Labute approximate surface area is 123 Å². The number of hydrogen-bond acceptors (Lipinski definition) is 4. The topological polar surface area (TPSA) is 55.2 Å². The van der Waals surface area contributed by atoms with Crippen molar-refractivity contribution >= 4 is 33.0 Å². The monoisotopic (exact) mass is 340 g/mol. The average molecular weight is 341 g/mol. The van der Waals surface area contributed by atoms with Crippen molar-refractivity contribution in [2.75, 3.05) is 0 Å². The summed E-state index contributed by atoms with van der Waals surface area (Å²) in [6.07, 6.45) is 0. The van der Waals surface area contributed by atoms with Crippen LogP contribution in [0, 0.1) is 17.0 Å². The number of halogens is 1. The second kappa shape index (κ2) is 6.27. The van der Waals surface area contributed by atoms with Gasteiger partial charge in [0.2, 0.25) is 0 Å². The first kappa shape index (κ1) is 14.2. The second-order valence-electron chi connectivity index (χ2n) is 4.16. The number of rotatable bonds is 5. The van der Waals surface area contributed by atoms with E-state index in [2.05, 4.69) is 39.6 Å². The zero-order valence-corrected chi connectivity index (χ0v) is 12.8. The van der Waals surface area contributed by atoms with Crippen LogP contribution in [0.5, 0.6) is 0 Å². The number of nitrogens with one attached hydrogen (secondary N) is 1. The van der Waals surface area contributed by atoms with E-state index >= 15 is 0 Å². The van der Waals surface area contributed by atoms with Crippen LogP contribution < -0.4 is 5.32 Å². The standard InChI is InChI=1S/C13H13BrN2O2S/c1-9-4-5-19-13(9)8-15-7-10-2-3-11(14)6-12(10)16(17)18/h2-6,15H,7-8H2,1H3. The molecule has 2 rings (SSSR count). The Hall–Kier alpha value is -1.24. The first-order valence-electron chi connectivity index (χ1n) is 5.74. The lowest BCUT2D eigenvalue weighted by molar-refractivity contribution is -0.385. The van der Waals surface area contributed by atoms with Gasteiger partial charge in [0.1, 0.15) is 0 Å². The zero-order valence-electron chi connectivity index (χ0n) is 10.4. The minimum Gasteiger partial charge on any atom is -0.308 e. The highest BCUT2D eigenvalue weighted by atomic mass is 79.9. The molecule has 0 amide bonds. The van der Waals surface area contributed by atoms with E-state index in [1.165, 1.54) is 16.5 Å². The third-order valence-corrected chi connectivity index (χ3v) is 4.33. The van der Waals surface area contributed by atoms with Crippen molar-refractivity contribution in [1.82, 2.24) is 5.32 Å². The number of hydrogen-bond donors (Lipinski definition) is 1. The molecule has 1 aromatic heterocycles. The van der Waals surface area contributed by atoms with E-state index in [-0.39, 0.29) is 10.6 Å². The van der Waals surface area contributed by atoms with Crippen molar-refractivity contribution < 1.29 is 4.92 Å². The molecule has 0 radical (unpaired) electrons. The summed E-state index contributed by atoms with van der Waals surface area (Å²) in [5.74, 6) is 0. The molecule has 100 valence electrons. The molecule has 0 saturated carbocycles. The summed E-state index contributed by atoms with van der Waals surface area (Å²) in [5, 5.41) is 16.3. The molecular weight excluding hydrogens is 328 g/mol. The van der Waals surface area contributed by atoms with E-state index < -0.39 is 0 Å². The number of aryl methyl sites for hydroxylation is 1. The first-order chi connectivity index (χ1) is 9.08. The van der Waals surface area contributed by atoms with Crippen molar-refractivity contribution in [3.8, 4) is 0 Å². The van der Waals surface area contributed by atoms with Gasteiger partial charge in [-0.25, -0.2) is 0 Å². The van der Waals surface area contributed by atoms with Crippen LogP contribution in [0.4, 0.5) is 5.69 Å². The normalized spacial score (nSPS) is 10.6. The smallest absolute Gasteiger partial charge is 0.275 e. The number of nitro groups is 1. The third-order valence-electron chi connectivity index (χ3n) is 2.81. The molecule has 0 aliphatic carbocycles. The third kappa shape index (κ3) is 3.62. The Morgan fingerprint density at radius 1 is 1.37 bits per heavy atom. The van der Waals surface area contributed by atoms with Crippen LogP contribution in [-0.2, 0) is 13.1 Å². The van der Waals surface area contributed by atoms with E-state index in [1.807, 2.05) is 6.07 Å². The lowest BCUT2D eigenvalue weighted by atomic mass is 10.2. The summed E-state index contributed by atoms with van der Waals surface area (Å²) in [6.45, 7) is 3.28. The zero-order chi connectivity index (χ0) is 13.8. The van der Waals surface area contributed by atoms with Crippen molar-refractivity contribution in [2.45, 2.75) is 20.0 Å². The van der Waals surface area contributed by atoms with E-state index in [0.29, 0.717) is 12.1 Å². The quantitative estimate of drug-likeness (QED) is 0.660. The highest BCUT2D eigenvalue weighted by Crippen LogP contribution is 2.23. The van der Waals surface area contributed by atoms with Gasteiger partial charge in [-0.1, -0.05) is 15.9 Å². The molecule has 0 aliphatic rings. The van der Waals surface area contributed by atoms with E-state index in [0.717, 1.165) is 11.0 Å². The van der Waals surface area contributed by atoms with Gasteiger partial charge < -0.3 is 5.32 Å². The van der Waals surface area contributed by atoms with Gasteiger partial charge in [0.05, 0.1) is 4.92 Å². The highest BCUT2D eigenvalue weighted by molar-refractivity contribution is 9.10. The summed E-state index contributed by atoms with van der Waals surface area (Å²) < 4.78 is 0.719. The number of nitrogens with zero attached hydrogens (tertiary/aromatic N) is 1. The molecule has 19 heavy (non-hydrogen) atoms. The Balaban J connectivity index is 2.03. The van der Waals surface area contributed by atoms with Crippen LogP contribution in [0.15, 0.2) is 34.1 Å². The fourth-order valence-corrected chi connectivity index (χ4v) is 2.98. The van der Waals surface area contributed by atoms with Gasteiger partial charge in [-0.2, -0.15) is 0 Å². The SMILES string of the molecule is Cc1ccsc1CNCc1ccc(Br)cc1[N+](=O)[O-]. The summed E-state index contributed by atoms with van der Waals surface area (Å²) >= 11 is 4.94. The van der Waals surface area contributed by atoms with Gasteiger partial charge in [0.25, 0.3) is 5.69 Å². The summed E-state index contributed by atoms with van der Waals surface area (Å²) in [4.78, 5) is 11.9. The molecule has 6 heteroatoms. The number of benzene rings is 1. The Morgan fingerprint density at radius 2 is 2.16 bits per heavy atom. The van der Waals surface area contributed by atoms with Gasteiger partial charge in [-0.15, -0.1) is 11.3 Å². The van der Waals surface area contributed by atoms with Crippen molar-refractivity contribution in [3.05, 3.63) is 60.2 Å². The molecule has 0 unspecified atom stereocenters. The first-order valence-corrected chi connectivity index (χ1v) is 7.41.